The summed E-state index contributed by atoms with van der Waals surface area (Å²) in [5.74, 6) is 0.377. The summed E-state index contributed by atoms with van der Waals surface area (Å²) in [6, 6.07) is 7.39. The molecule has 0 fully saturated rings. The number of benzene rings is 1. The average Bonchev–Trinajstić information content (AvgIpc) is 2.39. The largest absolute Gasteiger partial charge is 0.492 e. The van der Waals surface area contributed by atoms with E-state index in [1.54, 1.807) is 0 Å². The summed E-state index contributed by atoms with van der Waals surface area (Å²) >= 11 is 5.05. The van der Waals surface area contributed by atoms with Crippen LogP contribution in [0.4, 0.5) is 5.69 Å². The average molecular weight is 283 g/mol. The quantitative estimate of drug-likeness (QED) is 0.554. The number of hydrogen-bond acceptors (Lipinski definition) is 4. The van der Waals surface area contributed by atoms with E-state index in [1.165, 1.54) is 7.11 Å². The third-order valence-corrected chi connectivity index (χ3v) is 2.23. The molecule has 7 heteroatoms. The number of hydrazine groups is 1. The van der Waals surface area contributed by atoms with Crippen LogP contribution in [0.3, 0.4) is 0 Å². The minimum Gasteiger partial charge on any atom is -0.492 e. The van der Waals surface area contributed by atoms with Gasteiger partial charge in [0.05, 0.1) is 12.3 Å². The van der Waals surface area contributed by atoms with Crippen LogP contribution in [0.2, 0.25) is 0 Å². The molecule has 1 aromatic carbocycles. The highest BCUT2D eigenvalue weighted by Crippen LogP contribution is 2.23. The molecular weight excluding hydrogens is 266 g/mol. The summed E-state index contributed by atoms with van der Waals surface area (Å²) < 4.78 is 10.1. The van der Waals surface area contributed by atoms with Crippen molar-refractivity contribution < 1.29 is 14.3 Å². The van der Waals surface area contributed by atoms with Crippen molar-refractivity contribution in [3.63, 3.8) is 0 Å². The van der Waals surface area contributed by atoms with Crippen molar-refractivity contribution in [3.05, 3.63) is 24.3 Å². The summed E-state index contributed by atoms with van der Waals surface area (Å²) in [6.45, 7) is 2.42. The molecule has 104 valence electrons. The molecule has 0 unspecified atom stereocenters. The molecule has 3 N–H and O–H groups in total. The lowest BCUT2D eigenvalue weighted by molar-refractivity contribution is -0.125. The first-order valence-corrected chi connectivity index (χ1v) is 6.14. The van der Waals surface area contributed by atoms with Crippen LogP contribution in [-0.4, -0.2) is 31.3 Å². The molecule has 0 atom stereocenters. The smallest absolute Gasteiger partial charge is 0.264 e. The van der Waals surface area contributed by atoms with Crippen molar-refractivity contribution in [2.24, 2.45) is 0 Å². The van der Waals surface area contributed by atoms with Gasteiger partial charge in [-0.3, -0.25) is 15.6 Å². The lowest BCUT2D eigenvalue weighted by Gasteiger charge is -2.14. The molecule has 1 rings (SSSR count). The number of para-hydroxylation sites is 2. The number of carbonyl (C=O) groups is 1. The summed E-state index contributed by atoms with van der Waals surface area (Å²) in [5.41, 5.74) is 5.69. The third-order valence-electron chi connectivity index (χ3n) is 2.03. The molecule has 6 nitrogen and oxygen atoms in total. The van der Waals surface area contributed by atoms with E-state index < -0.39 is 0 Å². The van der Waals surface area contributed by atoms with Crippen molar-refractivity contribution in [3.8, 4) is 5.75 Å². The van der Waals surface area contributed by atoms with E-state index in [-0.39, 0.29) is 17.6 Å². The highest BCUT2D eigenvalue weighted by atomic mass is 32.1. The van der Waals surface area contributed by atoms with E-state index in [9.17, 15) is 4.79 Å². The second-order valence-corrected chi connectivity index (χ2v) is 3.90. The van der Waals surface area contributed by atoms with Gasteiger partial charge in [-0.1, -0.05) is 12.1 Å². The van der Waals surface area contributed by atoms with Crippen molar-refractivity contribution in [2.45, 2.75) is 6.92 Å². The molecule has 0 radical (unpaired) electrons. The van der Waals surface area contributed by atoms with Gasteiger partial charge >= 0.3 is 0 Å². The fraction of sp³-hybridized carbons (Fsp3) is 0.333. The fourth-order valence-corrected chi connectivity index (χ4v) is 1.46. The lowest BCUT2D eigenvalue weighted by Crippen LogP contribution is -2.45. The number of ether oxygens (including phenoxy) is 2. The van der Waals surface area contributed by atoms with Crippen LogP contribution in [-0.2, 0) is 9.53 Å². The first-order chi connectivity index (χ1) is 9.17. The Labute approximate surface area is 117 Å². The molecule has 1 amide bonds. The van der Waals surface area contributed by atoms with Crippen LogP contribution in [0.15, 0.2) is 24.3 Å². The highest BCUT2D eigenvalue weighted by molar-refractivity contribution is 7.80. The Morgan fingerprint density at radius 3 is 2.74 bits per heavy atom. The van der Waals surface area contributed by atoms with Gasteiger partial charge in [0.1, 0.15) is 12.4 Å². The molecule has 0 aliphatic rings. The van der Waals surface area contributed by atoms with Crippen molar-refractivity contribution in [2.75, 3.05) is 25.6 Å². The summed E-state index contributed by atoms with van der Waals surface area (Å²) in [4.78, 5) is 11.2. The molecular formula is C12H17N3O3S. The van der Waals surface area contributed by atoms with Gasteiger partial charge < -0.3 is 14.8 Å². The van der Waals surface area contributed by atoms with Gasteiger partial charge in [0.25, 0.3) is 5.91 Å². The molecule has 0 aliphatic heterocycles. The van der Waals surface area contributed by atoms with Crippen LogP contribution in [0.5, 0.6) is 5.75 Å². The van der Waals surface area contributed by atoms with Gasteiger partial charge in [-0.2, -0.15) is 0 Å². The monoisotopic (exact) mass is 283 g/mol. The van der Waals surface area contributed by atoms with Gasteiger partial charge in [0.2, 0.25) is 0 Å². The van der Waals surface area contributed by atoms with Crippen LogP contribution in [0.25, 0.3) is 0 Å². The normalized spacial score (nSPS) is 9.58. The zero-order valence-corrected chi connectivity index (χ0v) is 11.7. The van der Waals surface area contributed by atoms with Gasteiger partial charge in [-0.05, 0) is 31.3 Å². The van der Waals surface area contributed by atoms with Gasteiger partial charge in [0.15, 0.2) is 5.11 Å². The minimum absolute atomic E-state index is 0.0366. The number of thiocarbonyl (C=S) groups is 1. The number of methoxy groups -OCH3 is 1. The minimum atomic E-state index is -0.315. The molecule has 0 spiro atoms. The van der Waals surface area contributed by atoms with Gasteiger partial charge in [-0.25, -0.2) is 0 Å². The maximum absolute atomic E-state index is 11.2. The van der Waals surface area contributed by atoms with E-state index in [0.29, 0.717) is 12.4 Å². The number of hydrogen-bond donors (Lipinski definition) is 3. The van der Waals surface area contributed by atoms with Crippen molar-refractivity contribution >= 4 is 28.9 Å². The Hall–Kier alpha value is -1.86. The second kappa shape index (κ2) is 8.28. The molecule has 0 aromatic heterocycles. The van der Waals surface area contributed by atoms with Gasteiger partial charge in [-0.15, -0.1) is 0 Å². The Morgan fingerprint density at radius 1 is 1.32 bits per heavy atom. The molecule has 0 saturated heterocycles. The Bertz CT molecular complexity index is 440. The maximum atomic E-state index is 11.2. The maximum Gasteiger partial charge on any atom is 0.264 e. The van der Waals surface area contributed by atoms with Crippen LogP contribution < -0.4 is 20.9 Å². The van der Waals surface area contributed by atoms with Crippen LogP contribution in [0.1, 0.15) is 6.92 Å². The molecule has 1 aromatic rings. The number of amides is 1. The third kappa shape index (κ3) is 5.54. The van der Waals surface area contributed by atoms with E-state index in [4.69, 9.17) is 17.0 Å². The summed E-state index contributed by atoms with van der Waals surface area (Å²) in [5, 5.41) is 3.19. The number of rotatable bonds is 5. The summed E-state index contributed by atoms with van der Waals surface area (Å²) in [6.07, 6.45) is 0. The van der Waals surface area contributed by atoms with E-state index in [2.05, 4.69) is 20.9 Å². The van der Waals surface area contributed by atoms with Crippen molar-refractivity contribution in [1.29, 1.82) is 0 Å². The highest BCUT2D eigenvalue weighted by Gasteiger charge is 2.05. The molecule has 19 heavy (non-hydrogen) atoms. The van der Waals surface area contributed by atoms with Gasteiger partial charge in [0, 0.05) is 7.11 Å². The molecule has 0 saturated carbocycles. The topological polar surface area (TPSA) is 71.6 Å². The first-order valence-electron chi connectivity index (χ1n) is 5.74. The van der Waals surface area contributed by atoms with E-state index >= 15 is 0 Å². The SMILES string of the molecule is CCOc1ccccc1NC(=S)NNC(=O)COC. The Balaban J connectivity index is 2.50. The zero-order valence-electron chi connectivity index (χ0n) is 10.9. The van der Waals surface area contributed by atoms with E-state index in [0.717, 1.165) is 5.69 Å². The predicted molar refractivity (Wildman–Crippen MR) is 77.0 cm³/mol. The zero-order chi connectivity index (χ0) is 14.1. The summed E-state index contributed by atoms with van der Waals surface area (Å²) in [7, 11) is 1.44. The fourth-order valence-electron chi connectivity index (χ4n) is 1.30. The van der Waals surface area contributed by atoms with E-state index in [1.807, 2.05) is 31.2 Å². The number of nitrogens with one attached hydrogen (secondary N) is 3. The standard InChI is InChI=1S/C12H17N3O3S/c1-3-18-10-7-5-4-6-9(10)13-12(19)15-14-11(16)8-17-2/h4-7H,3,8H2,1-2H3,(H,14,16)(H2,13,15,19). The van der Waals surface area contributed by atoms with Crippen LogP contribution >= 0.6 is 12.2 Å². The van der Waals surface area contributed by atoms with Crippen molar-refractivity contribution in [1.82, 2.24) is 10.9 Å². The molecule has 0 bridgehead atoms. The predicted octanol–water partition coefficient (Wildman–Crippen LogP) is 1.05. The second-order valence-electron chi connectivity index (χ2n) is 3.49. The number of anilines is 1. The Morgan fingerprint density at radius 2 is 2.05 bits per heavy atom. The van der Waals surface area contributed by atoms with Crippen LogP contribution in [0, 0.1) is 0 Å². The number of carbonyl (C=O) groups excluding carboxylic acids is 1. The first kappa shape index (κ1) is 15.2. The lowest BCUT2D eigenvalue weighted by atomic mass is 10.3. The Kier molecular flexibility index (Phi) is 6.62. The molecule has 0 heterocycles. The molecule has 0 aliphatic carbocycles.